The zero-order valence-corrected chi connectivity index (χ0v) is 16.4. The third kappa shape index (κ3) is 2.63. The second kappa shape index (κ2) is 6.48. The molecule has 0 spiro atoms. The number of benzene rings is 1. The first kappa shape index (κ1) is 17.0. The van der Waals surface area contributed by atoms with Crippen molar-refractivity contribution in [2.24, 2.45) is 5.92 Å². The number of ether oxygens (including phenoxy) is 1. The molecule has 140 valence electrons. The lowest BCUT2D eigenvalue weighted by atomic mass is 9.86. The third-order valence-electron chi connectivity index (χ3n) is 5.95. The normalized spacial score (nSPS) is 21.1. The third-order valence-corrected chi connectivity index (χ3v) is 6.61. The average Bonchev–Trinajstić information content (AvgIpc) is 3.24. The smallest absolute Gasteiger partial charge is 0.374 e. The van der Waals surface area contributed by atoms with Crippen molar-refractivity contribution in [3.05, 3.63) is 46.0 Å². The summed E-state index contributed by atoms with van der Waals surface area (Å²) in [5, 5.41) is 0. The number of amides is 1. The van der Waals surface area contributed by atoms with Gasteiger partial charge in [0.2, 0.25) is 5.82 Å². The molecule has 1 amide bonds. The first-order chi connectivity index (χ1) is 13.1. The van der Waals surface area contributed by atoms with Crippen LogP contribution >= 0.6 is 15.9 Å². The van der Waals surface area contributed by atoms with E-state index < -0.39 is 5.97 Å². The van der Waals surface area contributed by atoms with Crippen LogP contribution in [-0.2, 0) is 4.74 Å². The van der Waals surface area contributed by atoms with E-state index in [1.165, 1.54) is 6.42 Å². The second-order valence-electron chi connectivity index (χ2n) is 7.53. The van der Waals surface area contributed by atoms with Crippen LogP contribution in [-0.4, -0.2) is 39.5 Å². The molecule has 6 nitrogen and oxygen atoms in total. The molecule has 2 fully saturated rings. The van der Waals surface area contributed by atoms with Gasteiger partial charge in [0.05, 0.1) is 35.8 Å². The summed E-state index contributed by atoms with van der Waals surface area (Å²) in [7, 11) is 0. The number of aromatic nitrogens is 2. The number of hydrogen-bond acceptors (Lipinski definition) is 4. The van der Waals surface area contributed by atoms with Crippen molar-refractivity contribution in [2.75, 3.05) is 13.2 Å². The van der Waals surface area contributed by atoms with Gasteiger partial charge in [0, 0.05) is 11.0 Å². The van der Waals surface area contributed by atoms with Crippen molar-refractivity contribution >= 4 is 27.8 Å². The van der Waals surface area contributed by atoms with Crippen LogP contribution in [0.1, 0.15) is 64.8 Å². The molecule has 1 aromatic heterocycles. The fourth-order valence-electron chi connectivity index (χ4n) is 4.29. The summed E-state index contributed by atoms with van der Waals surface area (Å²) in [5.74, 6) is 0.307. The van der Waals surface area contributed by atoms with E-state index >= 15 is 0 Å². The molecule has 0 radical (unpaired) electrons. The molecule has 2 aliphatic heterocycles. The van der Waals surface area contributed by atoms with Crippen LogP contribution in [0.2, 0.25) is 0 Å². The van der Waals surface area contributed by atoms with Crippen LogP contribution in [0, 0.1) is 5.92 Å². The summed E-state index contributed by atoms with van der Waals surface area (Å²) in [4.78, 5) is 32.3. The molecular weight excluding hydrogens is 410 g/mol. The summed E-state index contributed by atoms with van der Waals surface area (Å²) in [6, 6.07) is 5.55. The number of imidazole rings is 1. The van der Waals surface area contributed by atoms with E-state index in [-0.39, 0.29) is 17.8 Å². The molecule has 7 heteroatoms. The van der Waals surface area contributed by atoms with Crippen molar-refractivity contribution in [3.8, 4) is 5.69 Å². The van der Waals surface area contributed by atoms with Gasteiger partial charge in [-0.15, -0.1) is 0 Å². The Morgan fingerprint density at radius 2 is 2.11 bits per heavy atom. The van der Waals surface area contributed by atoms with Crippen LogP contribution < -0.4 is 0 Å². The molecule has 1 aliphatic carbocycles. The van der Waals surface area contributed by atoms with Gasteiger partial charge in [-0.3, -0.25) is 9.36 Å². The number of carbonyl (C=O) groups is 2. The standard InChI is InChI=1S/C20H20BrN3O3/c21-13-6-2-7-15-17(13)19(25)23-9-3-8-14(23)16-10-22-18(24(15)16)20(26)27-11-12-4-1-5-12/h2,6-7,10,12,14H,1,3-5,8-9,11H2/t14-/m0/s1. The minimum atomic E-state index is -0.419. The van der Waals surface area contributed by atoms with E-state index in [9.17, 15) is 9.59 Å². The van der Waals surface area contributed by atoms with Crippen molar-refractivity contribution in [1.82, 2.24) is 14.5 Å². The van der Waals surface area contributed by atoms with Gasteiger partial charge in [-0.2, -0.15) is 0 Å². The van der Waals surface area contributed by atoms with E-state index in [2.05, 4.69) is 20.9 Å². The van der Waals surface area contributed by atoms with Crippen molar-refractivity contribution < 1.29 is 14.3 Å². The van der Waals surface area contributed by atoms with Gasteiger partial charge in [-0.1, -0.05) is 12.5 Å². The molecule has 1 saturated heterocycles. The number of fused-ring (bicyclic) bond motifs is 5. The lowest BCUT2D eigenvalue weighted by Crippen LogP contribution is -2.29. The van der Waals surface area contributed by atoms with Crippen LogP contribution in [0.25, 0.3) is 5.69 Å². The molecule has 5 rings (SSSR count). The Balaban J connectivity index is 1.61. The Morgan fingerprint density at radius 3 is 2.89 bits per heavy atom. The largest absolute Gasteiger partial charge is 0.460 e. The number of nitrogens with zero attached hydrogens (tertiary/aromatic N) is 3. The fraction of sp³-hybridized carbons (Fsp3) is 0.450. The zero-order chi connectivity index (χ0) is 18.5. The lowest BCUT2D eigenvalue weighted by molar-refractivity contribution is 0.0355. The first-order valence-corrected chi connectivity index (χ1v) is 10.3. The summed E-state index contributed by atoms with van der Waals surface area (Å²) < 4.78 is 8.11. The monoisotopic (exact) mass is 429 g/mol. The topological polar surface area (TPSA) is 64.4 Å². The first-order valence-electron chi connectivity index (χ1n) is 9.50. The zero-order valence-electron chi connectivity index (χ0n) is 14.9. The summed E-state index contributed by atoms with van der Waals surface area (Å²) >= 11 is 3.53. The maximum atomic E-state index is 13.2. The van der Waals surface area contributed by atoms with E-state index in [4.69, 9.17) is 4.74 Å². The number of hydrogen-bond donors (Lipinski definition) is 0. The average molecular weight is 430 g/mol. The maximum absolute atomic E-state index is 13.2. The van der Waals surface area contributed by atoms with Gasteiger partial charge in [0.25, 0.3) is 5.91 Å². The van der Waals surface area contributed by atoms with E-state index in [0.717, 1.165) is 42.4 Å². The molecule has 2 aromatic rings. The number of rotatable bonds is 3. The molecule has 0 bridgehead atoms. The predicted octanol–water partition coefficient (Wildman–Crippen LogP) is 3.88. The Hall–Kier alpha value is -2.15. The SMILES string of the molecule is O=C(OCC1CCC1)c1ncc2n1-c1cccc(Br)c1C(=O)N1CCC[C@@H]21. The Labute approximate surface area is 165 Å². The summed E-state index contributed by atoms with van der Waals surface area (Å²) in [6.07, 6.45) is 7.00. The highest BCUT2D eigenvalue weighted by Gasteiger charge is 2.40. The quantitative estimate of drug-likeness (QED) is 0.694. The highest BCUT2D eigenvalue weighted by Crippen LogP contribution is 2.40. The van der Waals surface area contributed by atoms with Crippen molar-refractivity contribution in [1.29, 1.82) is 0 Å². The Bertz CT molecular complexity index is 935. The van der Waals surface area contributed by atoms with Crippen LogP contribution in [0.5, 0.6) is 0 Å². The van der Waals surface area contributed by atoms with Gasteiger partial charge in [-0.05, 0) is 59.7 Å². The van der Waals surface area contributed by atoms with Crippen LogP contribution in [0.15, 0.2) is 28.9 Å². The molecule has 3 aliphatic rings. The fourth-order valence-corrected chi connectivity index (χ4v) is 4.81. The molecule has 0 unspecified atom stereocenters. The molecule has 3 heterocycles. The molecule has 0 N–H and O–H groups in total. The molecular formula is C20H20BrN3O3. The summed E-state index contributed by atoms with van der Waals surface area (Å²) in [6.45, 7) is 1.16. The van der Waals surface area contributed by atoms with Gasteiger partial charge in [0.1, 0.15) is 0 Å². The van der Waals surface area contributed by atoms with E-state index in [1.807, 2.05) is 27.7 Å². The van der Waals surface area contributed by atoms with Crippen LogP contribution in [0.3, 0.4) is 0 Å². The van der Waals surface area contributed by atoms with Crippen molar-refractivity contribution in [3.63, 3.8) is 0 Å². The number of halogens is 1. The molecule has 27 heavy (non-hydrogen) atoms. The van der Waals surface area contributed by atoms with Crippen LogP contribution in [0.4, 0.5) is 0 Å². The molecule has 1 saturated carbocycles. The molecule has 1 atom stereocenters. The molecule has 1 aromatic carbocycles. The number of esters is 1. The van der Waals surface area contributed by atoms with Gasteiger partial charge in [0.15, 0.2) is 0 Å². The highest BCUT2D eigenvalue weighted by molar-refractivity contribution is 9.10. The van der Waals surface area contributed by atoms with Crippen molar-refractivity contribution in [2.45, 2.75) is 38.1 Å². The highest BCUT2D eigenvalue weighted by atomic mass is 79.9. The minimum absolute atomic E-state index is 0.00235. The predicted molar refractivity (Wildman–Crippen MR) is 102 cm³/mol. The second-order valence-corrected chi connectivity index (χ2v) is 8.38. The van der Waals surface area contributed by atoms with E-state index in [0.29, 0.717) is 23.8 Å². The van der Waals surface area contributed by atoms with Gasteiger partial charge < -0.3 is 9.64 Å². The minimum Gasteiger partial charge on any atom is -0.460 e. The maximum Gasteiger partial charge on any atom is 0.374 e. The Morgan fingerprint density at radius 1 is 1.26 bits per heavy atom. The summed E-state index contributed by atoms with van der Waals surface area (Å²) in [5.41, 5.74) is 2.15. The lowest BCUT2D eigenvalue weighted by Gasteiger charge is -2.24. The van der Waals surface area contributed by atoms with E-state index in [1.54, 1.807) is 6.20 Å². The van der Waals surface area contributed by atoms with Gasteiger partial charge >= 0.3 is 5.97 Å². The Kier molecular flexibility index (Phi) is 4.07. The number of carbonyl (C=O) groups excluding carboxylic acids is 2. The van der Waals surface area contributed by atoms with Gasteiger partial charge in [-0.25, -0.2) is 9.78 Å².